The van der Waals surface area contributed by atoms with Crippen LogP contribution in [0.1, 0.15) is 32.3 Å². The lowest BCUT2D eigenvalue weighted by atomic mass is 9.98. The summed E-state index contributed by atoms with van der Waals surface area (Å²) >= 11 is 0. The first-order valence-electron chi connectivity index (χ1n) is 7.59. The third kappa shape index (κ3) is 7.37. The average molecular weight is 275 g/mol. The minimum absolute atomic E-state index is 0.752. The monoisotopic (exact) mass is 274 g/mol. The summed E-state index contributed by atoms with van der Waals surface area (Å²) < 4.78 is 0. The molecule has 0 aliphatic heterocycles. The van der Waals surface area contributed by atoms with Crippen LogP contribution in [-0.2, 0) is 6.42 Å². The second kappa shape index (κ2) is 7.69. The molecule has 0 radical (unpaired) electrons. The van der Waals surface area contributed by atoms with Gasteiger partial charge in [0.15, 0.2) is 0 Å². The maximum atomic E-state index is 2.47. The lowest BCUT2D eigenvalue weighted by Gasteiger charge is -2.19. The van der Waals surface area contributed by atoms with Crippen molar-refractivity contribution in [1.29, 1.82) is 0 Å². The molecule has 1 aromatic rings. The SMILES string of the molecule is C/C(=C\CCc1ccccc1)C(C)CC[Si](C)(C)C. The normalized spacial score (nSPS) is 14.5. The molecule has 1 aromatic carbocycles. The van der Waals surface area contributed by atoms with E-state index >= 15 is 0 Å². The van der Waals surface area contributed by atoms with Gasteiger partial charge in [-0.3, -0.25) is 0 Å². The molecule has 1 heteroatoms. The summed E-state index contributed by atoms with van der Waals surface area (Å²) in [7, 11) is -0.877. The van der Waals surface area contributed by atoms with Crippen molar-refractivity contribution in [3.8, 4) is 0 Å². The predicted molar refractivity (Wildman–Crippen MR) is 90.5 cm³/mol. The second-order valence-electron chi connectivity index (χ2n) is 6.97. The molecule has 0 bridgehead atoms. The molecular weight excluding hydrogens is 244 g/mol. The van der Waals surface area contributed by atoms with E-state index in [1.165, 1.54) is 30.9 Å². The van der Waals surface area contributed by atoms with Crippen LogP contribution in [0.15, 0.2) is 42.0 Å². The molecule has 1 rings (SSSR count). The number of hydrogen-bond acceptors (Lipinski definition) is 0. The molecule has 0 spiro atoms. The van der Waals surface area contributed by atoms with E-state index in [9.17, 15) is 0 Å². The zero-order valence-electron chi connectivity index (χ0n) is 13.4. The van der Waals surface area contributed by atoms with E-state index in [1.807, 2.05) is 0 Å². The van der Waals surface area contributed by atoms with Gasteiger partial charge in [0.2, 0.25) is 0 Å². The molecule has 19 heavy (non-hydrogen) atoms. The Morgan fingerprint density at radius 1 is 1.16 bits per heavy atom. The van der Waals surface area contributed by atoms with E-state index in [0.29, 0.717) is 0 Å². The largest absolute Gasteiger partial charge is 0.0850 e. The smallest absolute Gasteiger partial charge is 0.0442 e. The van der Waals surface area contributed by atoms with Crippen LogP contribution in [0.25, 0.3) is 0 Å². The Morgan fingerprint density at radius 3 is 2.37 bits per heavy atom. The molecule has 0 aliphatic rings. The van der Waals surface area contributed by atoms with Gasteiger partial charge in [-0.05, 0) is 37.7 Å². The fourth-order valence-corrected chi connectivity index (χ4v) is 3.49. The Kier molecular flexibility index (Phi) is 6.57. The maximum Gasteiger partial charge on any atom is 0.0442 e. The fourth-order valence-electron chi connectivity index (χ4n) is 2.19. The van der Waals surface area contributed by atoms with E-state index in [0.717, 1.165) is 5.92 Å². The molecule has 0 N–H and O–H groups in total. The summed E-state index contributed by atoms with van der Waals surface area (Å²) in [5, 5.41) is 0. The fraction of sp³-hybridized carbons (Fsp3) is 0.556. The van der Waals surface area contributed by atoms with Crippen molar-refractivity contribution in [2.75, 3.05) is 0 Å². The quantitative estimate of drug-likeness (QED) is 0.427. The molecule has 106 valence electrons. The molecule has 0 fully saturated rings. The van der Waals surface area contributed by atoms with E-state index in [4.69, 9.17) is 0 Å². The predicted octanol–water partition coefficient (Wildman–Crippen LogP) is 5.93. The van der Waals surface area contributed by atoms with Crippen molar-refractivity contribution >= 4 is 8.07 Å². The first-order chi connectivity index (χ1) is 8.88. The van der Waals surface area contributed by atoms with Gasteiger partial charge in [0.1, 0.15) is 0 Å². The van der Waals surface area contributed by atoms with Gasteiger partial charge < -0.3 is 0 Å². The van der Waals surface area contributed by atoms with E-state index in [1.54, 1.807) is 5.57 Å². The average Bonchev–Trinajstić information content (AvgIpc) is 2.36. The molecule has 0 saturated heterocycles. The van der Waals surface area contributed by atoms with Gasteiger partial charge in [0.25, 0.3) is 0 Å². The molecule has 0 aromatic heterocycles. The number of allylic oxidation sites excluding steroid dienone is 2. The Labute approximate surface area is 121 Å². The third-order valence-electron chi connectivity index (χ3n) is 3.85. The summed E-state index contributed by atoms with van der Waals surface area (Å²) in [5.74, 6) is 0.752. The van der Waals surface area contributed by atoms with Gasteiger partial charge >= 0.3 is 0 Å². The first-order valence-corrected chi connectivity index (χ1v) is 11.3. The molecule has 1 unspecified atom stereocenters. The van der Waals surface area contributed by atoms with Gasteiger partial charge in [0.05, 0.1) is 0 Å². The van der Waals surface area contributed by atoms with Crippen LogP contribution in [0.5, 0.6) is 0 Å². The second-order valence-corrected chi connectivity index (χ2v) is 12.6. The molecule has 1 atom stereocenters. The van der Waals surface area contributed by atoms with Crippen LogP contribution in [0.3, 0.4) is 0 Å². The Balaban J connectivity index is 2.35. The van der Waals surface area contributed by atoms with Gasteiger partial charge in [-0.25, -0.2) is 0 Å². The van der Waals surface area contributed by atoms with Crippen molar-refractivity contribution in [2.24, 2.45) is 5.92 Å². The van der Waals surface area contributed by atoms with E-state index in [-0.39, 0.29) is 0 Å². The highest BCUT2D eigenvalue weighted by atomic mass is 28.3. The summed E-state index contributed by atoms with van der Waals surface area (Å²) in [6, 6.07) is 12.2. The third-order valence-corrected chi connectivity index (χ3v) is 5.64. The number of benzene rings is 1. The lowest BCUT2D eigenvalue weighted by Crippen LogP contribution is -2.20. The van der Waals surface area contributed by atoms with Gasteiger partial charge in [0, 0.05) is 8.07 Å². The van der Waals surface area contributed by atoms with Crippen LogP contribution in [0.2, 0.25) is 25.7 Å². The van der Waals surface area contributed by atoms with Crippen molar-refractivity contribution in [1.82, 2.24) is 0 Å². The zero-order chi connectivity index (χ0) is 14.3. The number of aryl methyl sites for hydroxylation is 1. The van der Waals surface area contributed by atoms with Crippen LogP contribution in [-0.4, -0.2) is 8.07 Å². The highest BCUT2D eigenvalue weighted by Crippen LogP contribution is 2.22. The van der Waals surface area contributed by atoms with Crippen molar-refractivity contribution < 1.29 is 0 Å². The molecule has 0 amide bonds. The van der Waals surface area contributed by atoms with E-state index < -0.39 is 8.07 Å². The van der Waals surface area contributed by atoms with Gasteiger partial charge in [-0.2, -0.15) is 0 Å². The summed E-state index contributed by atoms with van der Waals surface area (Å²) in [6.07, 6.45) is 6.15. The van der Waals surface area contributed by atoms with E-state index in [2.05, 4.69) is 69.9 Å². The molecule has 0 saturated carbocycles. The Bertz CT molecular complexity index is 384. The minimum Gasteiger partial charge on any atom is -0.0850 e. The minimum atomic E-state index is -0.877. The molecule has 0 aliphatic carbocycles. The van der Waals surface area contributed by atoms with Crippen LogP contribution in [0, 0.1) is 5.92 Å². The number of rotatable bonds is 7. The zero-order valence-corrected chi connectivity index (χ0v) is 14.4. The molecular formula is C18H30Si. The van der Waals surface area contributed by atoms with Crippen LogP contribution < -0.4 is 0 Å². The topological polar surface area (TPSA) is 0 Å². The van der Waals surface area contributed by atoms with Crippen molar-refractivity contribution in [3.63, 3.8) is 0 Å². The Hall–Kier alpha value is -0.823. The summed E-state index contributed by atoms with van der Waals surface area (Å²) in [6.45, 7) is 12.1. The van der Waals surface area contributed by atoms with Crippen LogP contribution >= 0.6 is 0 Å². The summed E-state index contributed by atoms with van der Waals surface area (Å²) in [4.78, 5) is 0. The highest BCUT2D eigenvalue weighted by Gasteiger charge is 2.15. The highest BCUT2D eigenvalue weighted by molar-refractivity contribution is 6.76. The molecule has 0 heterocycles. The number of hydrogen-bond donors (Lipinski definition) is 0. The molecule has 0 nitrogen and oxygen atoms in total. The lowest BCUT2D eigenvalue weighted by molar-refractivity contribution is 0.644. The summed E-state index contributed by atoms with van der Waals surface area (Å²) in [5.41, 5.74) is 3.02. The first kappa shape index (κ1) is 16.2. The van der Waals surface area contributed by atoms with Crippen molar-refractivity contribution in [2.45, 2.75) is 58.8 Å². The van der Waals surface area contributed by atoms with Gasteiger partial charge in [-0.15, -0.1) is 0 Å². The maximum absolute atomic E-state index is 2.47. The van der Waals surface area contributed by atoms with Crippen molar-refractivity contribution in [3.05, 3.63) is 47.5 Å². The van der Waals surface area contributed by atoms with Gasteiger partial charge in [-0.1, -0.05) is 74.6 Å². The van der Waals surface area contributed by atoms with Crippen LogP contribution in [0.4, 0.5) is 0 Å². The standard InChI is InChI=1S/C18H30Si/c1-16(17(2)14-15-19(3,4)5)10-9-13-18-11-7-6-8-12-18/h6-8,10-12,17H,9,13-15H2,1-5H3/b16-10+. The Morgan fingerprint density at radius 2 is 1.79 bits per heavy atom.